The SMILES string of the molecule is CCCCN(CCCC)CCCOc1ccc(C(=O)c2c(-c3ccc(Cl)cc3)cc3ccccn23)cc1.O=C(O)C(=O)O. The summed E-state index contributed by atoms with van der Waals surface area (Å²) < 4.78 is 7.97. The van der Waals surface area contributed by atoms with Gasteiger partial charge in [0, 0.05) is 34.4 Å². The Morgan fingerprint density at radius 2 is 1.42 bits per heavy atom. The molecule has 228 valence electrons. The first kappa shape index (κ1) is 33.4. The summed E-state index contributed by atoms with van der Waals surface area (Å²) in [6.45, 7) is 8.55. The van der Waals surface area contributed by atoms with Gasteiger partial charge in [-0.3, -0.25) is 4.79 Å². The van der Waals surface area contributed by atoms with Crippen molar-refractivity contribution in [1.29, 1.82) is 0 Å². The van der Waals surface area contributed by atoms with E-state index in [1.807, 2.05) is 77.3 Å². The second kappa shape index (κ2) is 17.1. The molecule has 0 spiro atoms. The molecule has 0 aliphatic heterocycles. The molecule has 43 heavy (non-hydrogen) atoms. The Labute approximate surface area is 257 Å². The van der Waals surface area contributed by atoms with Crippen LogP contribution in [-0.2, 0) is 9.59 Å². The summed E-state index contributed by atoms with van der Waals surface area (Å²) in [5, 5.41) is 15.5. The van der Waals surface area contributed by atoms with Crippen LogP contribution in [0, 0.1) is 0 Å². The first-order valence-electron chi connectivity index (χ1n) is 14.6. The lowest BCUT2D eigenvalue weighted by atomic mass is 10.0. The molecule has 0 unspecified atom stereocenters. The Hall–Kier alpha value is -4.14. The number of aromatic nitrogens is 1. The van der Waals surface area contributed by atoms with Gasteiger partial charge in [0.1, 0.15) is 11.4 Å². The minimum Gasteiger partial charge on any atom is -0.494 e. The van der Waals surface area contributed by atoms with Crippen LogP contribution in [0.1, 0.15) is 62.0 Å². The largest absolute Gasteiger partial charge is 0.494 e. The van der Waals surface area contributed by atoms with Crippen molar-refractivity contribution in [3.05, 3.63) is 95.3 Å². The topological polar surface area (TPSA) is 109 Å². The molecule has 0 fully saturated rings. The Kier molecular flexibility index (Phi) is 13.3. The maximum Gasteiger partial charge on any atom is 0.414 e. The van der Waals surface area contributed by atoms with E-state index in [9.17, 15) is 4.79 Å². The number of aliphatic carboxylic acids is 2. The van der Waals surface area contributed by atoms with Crippen LogP contribution in [0.25, 0.3) is 16.6 Å². The number of carbonyl (C=O) groups excluding carboxylic acids is 1. The number of carboxylic acid groups (broad SMARTS) is 2. The molecule has 2 aromatic heterocycles. The van der Waals surface area contributed by atoms with Crippen molar-refractivity contribution in [3.63, 3.8) is 0 Å². The third-order valence-electron chi connectivity index (χ3n) is 6.89. The molecule has 0 radical (unpaired) electrons. The average Bonchev–Trinajstić information content (AvgIpc) is 3.40. The highest BCUT2D eigenvalue weighted by molar-refractivity contribution is 6.30. The van der Waals surface area contributed by atoms with Crippen molar-refractivity contribution in [3.8, 4) is 16.9 Å². The lowest BCUT2D eigenvalue weighted by Gasteiger charge is -2.21. The fourth-order valence-electron chi connectivity index (χ4n) is 4.62. The van der Waals surface area contributed by atoms with Crippen LogP contribution in [0.3, 0.4) is 0 Å². The quantitative estimate of drug-likeness (QED) is 0.0879. The van der Waals surface area contributed by atoms with E-state index < -0.39 is 11.9 Å². The van der Waals surface area contributed by atoms with Gasteiger partial charge in [-0.05, 0) is 92.5 Å². The van der Waals surface area contributed by atoms with Gasteiger partial charge in [-0.1, -0.05) is 56.5 Å². The molecule has 0 saturated heterocycles. The third kappa shape index (κ3) is 9.98. The van der Waals surface area contributed by atoms with Crippen LogP contribution >= 0.6 is 11.6 Å². The number of hydrogen-bond acceptors (Lipinski definition) is 5. The summed E-state index contributed by atoms with van der Waals surface area (Å²) in [5.74, 6) is -2.88. The lowest BCUT2D eigenvalue weighted by molar-refractivity contribution is -0.159. The monoisotopic (exact) mass is 606 g/mol. The number of unbranched alkanes of at least 4 members (excludes halogenated alkanes) is 2. The maximum absolute atomic E-state index is 13.7. The van der Waals surface area contributed by atoms with E-state index in [0.29, 0.717) is 22.9 Å². The molecule has 0 aliphatic rings. The van der Waals surface area contributed by atoms with E-state index >= 15 is 0 Å². The van der Waals surface area contributed by atoms with Crippen LogP contribution in [-0.4, -0.2) is 63.5 Å². The first-order chi connectivity index (χ1) is 20.7. The predicted octanol–water partition coefficient (Wildman–Crippen LogP) is 7.32. The van der Waals surface area contributed by atoms with Gasteiger partial charge in [0.15, 0.2) is 0 Å². The van der Waals surface area contributed by atoms with Crippen molar-refractivity contribution in [2.45, 2.75) is 46.0 Å². The number of ketones is 1. The smallest absolute Gasteiger partial charge is 0.414 e. The molecule has 0 atom stereocenters. The fourth-order valence-corrected chi connectivity index (χ4v) is 4.75. The molecule has 2 heterocycles. The zero-order valence-electron chi connectivity index (χ0n) is 24.7. The Bertz CT molecular complexity index is 1460. The van der Waals surface area contributed by atoms with Crippen LogP contribution in [0.4, 0.5) is 0 Å². The van der Waals surface area contributed by atoms with Crippen molar-refractivity contribution in [2.24, 2.45) is 0 Å². The van der Waals surface area contributed by atoms with Crippen LogP contribution < -0.4 is 4.74 Å². The van der Waals surface area contributed by atoms with Gasteiger partial charge in [-0.15, -0.1) is 0 Å². The normalized spacial score (nSPS) is 10.8. The number of hydrogen-bond donors (Lipinski definition) is 2. The molecule has 0 saturated carbocycles. The van der Waals surface area contributed by atoms with Gasteiger partial charge in [-0.25, -0.2) is 9.59 Å². The van der Waals surface area contributed by atoms with E-state index in [2.05, 4.69) is 24.8 Å². The highest BCUT2D eigenvalue weighted by Crippen LogP contribution is 2.31. The molecule has 0 aliphatic carbocycles. The molecule has 4 aromatic rings. The molecular formula is C34H39ClN2O6. The number of rotatable bonds is 14. The van der Waals surface area contributed by atoms with Crippen molar-refractivity contribution < 1.29 is 29.3 Å². The summed E-state index contributed by atoms with van der Waals surface area (Å²) >= 11 is 6.11. The molecule has 9 heteroatoms. The Morgan fingerprint density at radius 1 is 0.814 bits per heavy atom. The predicted molar refractivity (Wildman–Crippen MR) is 169 cm³/mol. The molecule has 2 aromatic carbocycles. The van der Waals surface area contributed by atoms with Gasteiger partial charge in [0.2, 0.25) is 5.78 Å². The molecule has 4 rings (SSSR count). The minimum absolute atomic E-state index is 0.0230. The number of ether oxygens (including phenoxy) is 1. The standard InChI is InChI=1S/C32H37ClN2O2.C2H2O4/c1-3-5-19-34(20-6-4-2)21-9-23-37-29-17-13-26(14-18-29)32(36)31-30(25-11-15-27(33)16-12-25)24-28-10-7-8-22-35(28)31;3-1(4)2(5)6/h7-8,10-18,22,24H,3-6,9,19-21,23H2,1-2H3;(H,3,4)(H,5,6). The van der Waals surface area contributed by atoms with E-state index in [0.717, 1.165) is 35.4 Å². The highest BCUT2D eigenvalue weighted by atomic mass is 35.5. The van der Waals surface area contributed by atoms with Crippen LogP contribution in [0.5, 0.6) is 5.75 Å². The summed E-state index contributed by atoms with van der Waals surface area (Å²) in [4.78, 5) is 34.5. The van der Waals surface area contributed by atoms with Crippen molar-refractivity contribution in [1.82, 2.24) is 9.30 Å². The minimum atomic E-state index is -1.82. The zero-order valence-corrected chi connectivity index (χ0v) is 25.4. The summed E-state index contributed by atoms with van der Waals surface area (Å²) in [5.41, 5.74) is 4.11. The van der Waals surface area contributed by atoms with Crippen molar-refractivity contribution >= 4 is 34.8 Å². The summed E-state index contributed by atoms with van der Waals surface area (Å²) in [6.07, 6.45) is 7.88. The molecule has 0 amide bonds. The first-order valence-corrected chi connectivity index (χ1v) is 14.9. The van der Waals surface area contributed by atoms with Gasteiger partial charge >= 0.3 is 11.9 Å². The van der Waals surface area contributed by atoms with Gasteiger partial charge in [0.05, 0.1) is 6.61 Å². The number of carboxylic acids is 2. The fraction of sp³-hybridized carbons (Fsp3) is 0.324. The van der Waals surface area contributed by atoms with Gasteiger partial charge in [-0.2, -0.15) is 0 Å². The summed E-state index contributed by atoms with van der Waals surface area (Å²) in [7, 11) is 0. The second-order valence-electron chi connectivity index (χ2n) is 10.1. The number of nitrogens with zero attached hydrogens (tertiary/aromatic N) is 2. The molecule has 8 nitrogen and oxygen atoms in total. The van der Waals surface area contributed by atoms with E-state index in [1.165, 1.54) is 38.8 Å². The number of carbonyl (C=O) groups is 3. The average molecular weight is 607 g/mol. The second-order valence-corrected chi connectivity index (χ2v) is 10.6. The molecule has 2 N–H and O–H groups in total. The van der Waals surface area contributed by atoms with Crippen LogP contribution in [0.15, 0.2) is 79.0 Å². The Balaban J connectivity index is 0.000000765. The number of pyridine rings is 1. The molecule has 0 bridgehead atoms. The van der Waals surface area contributed by atoms with Crippen molar-refractivity contribution in [2.75, 3.05) is 26.2 Å². The van der Waals surface area contributed by atoms with E-state index in [-0.39, 0.29) is 5.78 Å². The number of halogens is 1. The lowest BCUT2D eigenvalue weighted by Crippen LogP contribution is -2.28. The number of benzene rings is 2. The van der Waals surface area contributed by atoms with Gasteiger partial charge < -0.3 is 24.3 Å². The van der Waals surface area contributed by atoms with E-state index in [4.69, 9.17) is 36.1 Å². The van der Waals surface area contributed by atoms with E-state index in [1.54, 1.807) is 0 Å². The van der Waals surface area contributed by atoms with Gasteiger partial charge in [0.25, 0.3) is 0 Å². The third-order valence-corrected chi connectivity index (χ3v) is 7.14. The molecular weight excluding hydrogens is 568 g/mol. The number of fused-ring (bicyclic) bond motifs is 1. The maximum atomic E-state index is 13.7. The Morgan fingerprint density at radius 3 is 2.00 bits per heavy atom. The zero-order chi connectivity index (χ0) is 31.2. The summed E-state index contributed by atoms with van der Waals surface area (Å²) in [6, 6.07) is 23.1. The van der Waals surface area contributed by atoms with Crippen LogP contribution in [0.2, 0.25) is 5.02 Å². The highest BCUT2D eigenvalue weighted by Gasteiger charge is 2.20.